The third-order valence-corrected chi connectivity index (χ3v) is 6.26. The van der Waals surface area contributed by atoms with Crippen LogP contribution in [0.3, 0.4) is 0 Å². The van der Waals surface area contributed by atoms with E-state index in [9.17, 15) is 0 Å². The van der Waals surface area contributed by atoms with Gasteiger partial charge in [0.15, 0.2) is 0 Å². The molecule has 0 radical (unpaired) electrons. The van der Waals surface area contributed by atoms with Gasteiger partial charge in [-0.25, -0.2) is 0 Å². The van der Waals surface area contributed by atoms with Gasteiger partial charge in [-0.3, -0.25) is 0 Å². The van der Waals surface area contributed by atoms with Crippen LogP contribution in [0.4, 0.5) is 0 Å². The lowest BCUT2D eigenvalue weighted by molar-refractivity contribution is 0.0689. The lowest BCUT2D eigenvalue weighted by Gasteiger charge is -2.28. The summed E-state index contributed by atoms with van der Waals surface area (Å²) in [6, 6.07) is 0.855. The molecule has 0 saturated heterocycles. The molecule has 0 saturated carbocycles. The number of allylic oxidation sites excluding steroid dienone is 1. The van der Waals surface area contributed by atoms with E-state index in [0.717, 1.165) is 19.1 Å². The number of hydrogen-bond donors (Lipinski definition) is 0. The highest BCUT2D eigenvalue weighted by molar-refractivity contribution is 6.60. The van der Waals surface area contributed by atoms with Crippen molar-refractivity contribution in [3.8, 4) is 0 Å². The first-order valence-electron chi connectivity index (χ1n) is 7.36. The van der Waals surface area contributed by atoms with Gasteiger partial charge in [0.25, 0.3) is 0 Å². The van der Waals surface area contributed by atoms with Gasteiger partial charge in [-0.05, 0) is 46.0 Å². The zero-order valence-electron chi connectivity index (χ0n) is 12.2. The van der Waals surface area contributed by atoms with E-state index in [-0.39, 0.29) is 0 Å². The van der Waals surface area contributed by atoms with Gasteiger partial charge < -0.3 is 13.3 Å². The second kappa shape index (κ2) is 8.86. The molecule has 0 N–H and O–H groups in total. The minimum Gasteiger partial charge on any atom is -0.374 e. The Labute approximate surface area is 113 Å². The number of hydrogen-bond acceptors (Lipinski definition) is 3. The summed E-state index contributed by atoms with van der Waals surface area (Å²) in [6.45, 7) is 8.18. The molecule has 0 bridgehead atoms. The van der Waals surface area contributed by atoms with Crippen LogP contribution >= 0.6 is 0 Å². The van der Waals surface area contributed by atoms with Gasteiger partial charge in [-0.15, -0.1) is 0 Å². The Balaban J connectivity index is 2.38. The van der Waals surface area contributed by atoms with E-state index in [1.54, 1.807) is 5.57 Å². The molecule has 18 heavy (non-hydrogen) atoms. The van der Waals surface area contributed by atoms with Gasteiger partial charge in [0.1, 0.15) is 0 Å². The topological polar surface area (TPSA) is 27.7 Å². The molecule has 0 aliphatic heterocycles. The van der Waals surface area contributed by atoms with Gasteiger partial charge in [-0.1, -0.05) is 18.6 Å². The van der Waals surface area contributed by atoms with Crippen molar-refractivity contribution in [1.82, 2.24) is 0 Å². The van der Waals surface area contributed by atoms with Crippen LogP contribution in [0.15, 0.2) is 11.6 Å². The van der Waals surface area contributed by atoms with E-state index < -0.39 is 8.80 Å². The molecule has 0 unspecified atom stereocenters. The predicted octanol–water partition coefficient (Wildman–Crippen LogP) is 3.93. The molecule has 0 amide bonds. The fourth-order valence-electron chi connectivity index (χ4n) is 2.34. The average Bonchev–Trinajstić information content (AvgIpc) is 2.40. The van der Waals surface area contributed by atoms with Crippen molar-refractivity contribution in [3.63, 3.8) is 0 Å². The maximum Gasteiger partial charge on any atom is 0.500 e. The van der Waals surface area contributed by atoms with E-state index in [0.29, 0.717) is 13.2 Å². The van der Waals surface area contributed by atoms with Gasteiger partial charge in [0.05, 0.1) is 0 Å². The largest absolute Gasteiger partial charge is 0.500 e. The molecule has 0 atom stereocenters. The van der Waals surface area contributed by atoms with Crippen LogP contribution in [-0.2, 0) is 13.3 Å². The van der Waals surface area contributed by atoms with Gasteiger partial charge in [0.2, 0.25) is 0 Å². The van der Waals surface area contributed by atoms with E-state index in [1.165, 1.54) is 25.7 Å². The Kier molecular flexibility index (Phi) is 7.82. The molecule has 0 aromatic heterocycles. The zero-order chi connectivity index (χ0) is 13.3. The standard InChI is InChI=1S/C14H28O3Si/c1-4-15-18(6-3,16-5-2)17-13-12-14-10-8-7-9-11-14/h10H,4-9,11-13H2,1-3H3. The Morgan fingerprint density at radius 1 is 1.06 bits per heavy atom. The molecule has 3 nitrogen and oxygen atoms in total. The quantitative estimate of drug-likeness (QED) is 0.470. The number of rotatable bonds is 9. The maximum absolute atomic E-state index is 6.02. The van der Waals surface area contributed by atoms with Gasteiger partial charge >= 0.3 is 8.80 Å². The van der Waals surface area contributed by atoms with Crippen LogP contribution in [0.2, 0.25) is 6.04 Å². The third-order valence-electron chi connectivity index (χ3n) is 3.29. The molecule has 0 aromatic rings. The average molecular weight is 272 g/mol. The van der Waals surface area contributed by atoms with Crippen molar-refractivity contribution in [3.05, 3.63) is 11.6 Å². The van der Waals surface area contributed by atoms with Crippen LogP contribution < -0.4 is 0 Å². The molecule has 0 aromatic carbocycles. The van der Waals surface area contributed by atoms with Crippen molar-refractivity contribution < 1.29 is 13.3 Å². The smallest absolute Gasteiger partial charge is 0.374 e. The summed E-state index contributed by atoms with van der Waals surface area (Å²) in [6.07, 6.45) is 8.57. The lowest BCUT2D eigenvalue weighted by Crippen LogP contribution is -2.45. The third kappa shape index (κ3) is 5.22. The second-order valence-electron chi connectivity index (χ2n) is 4.61. The molecule has 0 fully saturated rings. The van der Waals surface area contributed by atoms with Crippen LogP contribution in [0.25, 0.3) is 0 Å². The van der Waals surface area contributed by atoms with E-state index in [4.69, 9.17) is 13.3 Å². The van der Waals surface area contributed by atoms with Gasteiger partial charge in [-0.2, -0.15) is 0 Å². The molecule has 0 heterocycles. The van der Waals surface area contributed by atoms with Crippen LogP contribution in [0.1, 0.15) is 52.9 Å². The SMILES string of the molecule is CCO[Si](CC)(OCC)OCCC1=CCCCC1. The summed E-state index contributed by atoms with van der Waals surface area (Å²) in [7, 11) is -2.38. The Bertz CT molecular complexity index is 247. The first-order valence-corrected chi connectivity index (χ1v) is 9.29. The highest BCUT2D eigenvalue weighted by Gasteiger charge is 2.38. The van der Waals surface area contributed by atoms with Crippen LogP contribution in [0.5, 0.6) is 0 Å². The zero-order valence-corrected chi connectivity index (χ0v) is 13.2. The van der Waals surface area contributed by atoms with Crippen LogP contribution in [0, 0.1) is 0 Å². The monoisotopic (exact) mass is 272 g/mol. The van der Waals surface area contributed by atoms with Gasteiger partial charge in [0, 0.05) is 25.9 Å². The van der Waals surface area contributed by atoms with Crippen molar-refractivity contribution in [1.29, 1.82) is 0 Å². The summed E-state index contributed by atoms with van der Waals surface area (Å²) < 4.78 is 17.6. The Morgan fingerprint density at radius 3 is 2.28 bits per heavy atom. The minimum atomic E-state index is -2.38. The first-order chi connectivity index (χ1) is 8.76. The summed E-state index contributed by atoms with van der Waals surface area (Å²) >= 11 is 0. The summed E-state index contributed by atoms with van der Waals surface area (Å²) in [5, 5.41) is 0. The summed E-state index contributed by atoms with van der Waals surface area (Å²) in [4.78, 5) is 0. The molecule has 4 heteroatoms. The Hall–Kier alpha value is -0.163. The van der Waals surface area contributed by atoms with Crippen molar-refractivity contribution in [2.75, 3.05) is 19.8 Å². The molecule has 0 spiro atoms. The molecular formula is C14H28O3Si. The Morgan fingerprint density at radius 2 is 1.78 bits per heavy atom. The summed E-state index contributed by atoms with van der Waals surface area (Å²) in [5.41, 5.74) is 1.55. The highest BCUT2D eigenvalue weighted by Crippen LogP contribution is 2.22. The molecule has 106 valence electrons. The lowest BCUT2D eigenvalue weighted by atomic mass is 9.98. The van der Waals surface area contributed by atoms with Crippen LogP contribution in [-0.4, -0.2) is 28.6 Å². The predicted molar refractivity (Wildman–Crippen MR) is 76.6 cm³/mol. The molecular weight excluding hydrogens is 244 g/mol. The van der Waals surface area contributed by atoms with Crippen molar-refractivity contribution in [2.24, 2.45) is 0 Å². The molecule has 1 rings (SSSR count). The highest BCUT2D eigenvalue weighted by atomic mass is 28.4. The molecule has 1 aliphatic carbocycles. The van der Waals surface area contributed by atoms with Crippen molar-refractivity contribution in [2.45, 2.75) is 58.9 Å². The van der Waals surface area contributed by atoms with Crippen molar-refractivity contribution >= 4 is 8.80 Å². The molecule has 1 aliphatic rings. The van der Waals surface area contributed by atoms with E-state index >= 15 is 0 Å². The normalized spacial score (nSPS) is 16.7. The van der Waals surface area contributed by atoms with E-state index in [1.807, 2.05) is 13.8 Å². The fourth-order valence-corrected chi connectivity index (χ4v) is 4.50. The first kappa shape index (κ1) is 15.9. The summed E-state index contributed by atoms with van der Waals surface area (Å²) in [5.74, 6) is 0. The van der Waals surface area contributed by atoms with E-state index in [2.05, 4.69) is 13.0 Å². The maximum atomic E-state index is 6.02. The second-order valence-corrected chi connectivity index (χ2v) is 7.55. The minimum absolute atomic E-state index is 0.669. The fraction of sp³-hybridized carbons (Fsp3) is 0.857.